The third kappa shape index (κ3) is 5.24. The summed E-state index contributed by atoms with van der Waals surface area (Å²) in [5, 5.41) is 41.6. The minimum absolute atomic E-state index is 0.0488. The predicted octanol–water partition coefficient (Wildman–Crippen LogP) is 4.92. The van der Waals surface area contributed by atoms with Crippen LogP contribution in [-0.2, 0) is 0 Å². The molecule has 0 amide bonds. The molecule has 0 saturated heterocycles. The van der Waals surface area contributed by atoms with Crippen LogP contribution < -0.4 is 0 Å². The summed E-state index contributed by atoms with van der Waals surface area (Å²) in [7, 11) is 0. The Bertz CT molecular complexity index is 745. The molecule has 3 aliphatic rings. The van der Waals surface area contributed by atoms with Crippen LogP contribution in [0.1, 0.15) is 86.0 Å². The molecule has 4 heteroatoms. The zero-order valence-electron chi connectivity index (χ0n) is 20.8. The summed E-state index contributed by atoms with van der Waals surface area (Å²) in [5.41, 5.74) is 2.59. The van der Waals surface area contributed by atoms with Crippen molar-refractivity contribution in [2.45, 2.75) is 110 Å². The van der Waals surface area contributed by atoms with Crippen molar-refractivity contribution in [2.75, 3.05) is 0 Å². The molecular formula is C28H46O4. The van der Waals surface area contributed by atoms with E-state index in [4.69, 9.17) is 0 Å². The summed E-state index contributed by atoms with van der Waals surface area (Å²) in [4.78, 5) is 0. The number of aliphatic hydroxyl groups is 4. The molecule has 3 rings (SSSR count). The van der Waals surface area contributed by atoms with Crippen molar-refractivity contribution in [1.82, 2.24) is 0 Å². The molecule has 3 aliphatic carbocycles. The van der Waals surface area contributed by atoms with Gasteiger partial charge >= 0.3 is 0 Å². The Labute approximate surface area is 195 Å². The van der Waals surface area contributed by atoms with Crippen LogP contribution >= 0.6 is 0 Å². The number of rotatable bonds is 6. The fourth-order valence-electron chi connectivity index (χ4n) is 6.74. The highest BCUT2D eigenvalue weighted by Crippen LogP contribution is 2.60. The molecule has 0 aromatic heterocycles. The molecule has 0 unspecified atom stereocenters. The van der Waals surface area contributed by atoms with Gasteiger partial charge in [0.25, 0.3) is 0 Å². The van der Waals surface area contributed by atoms with Gasteiger partial charge in [0.2, 0.25) is 0 Å². The second-order valence-electron chi connectivity index (χ2n) is 11.9. The molecule has 4 N–H and O–H groups in total. The van der Waals surface area contributed by atoms with Crippen LogP contribution in [0.25, 0.3) is 0 Å². The zero-order valence-corrected chi connectivity index (χ0v) is 20.8. The summed E-state index contributed by atoms with van der Waals surface area (Å²) in [6.07, 6.45) is 10.1. The Morgan fingerprint density at radius 1 is 1.19 bits per heavy atom. The molecular weight excluding hydrogens is 400 g/mol. The summed E-state index contributed by atoms with van der Waals surface area (Å²) < 4.78 is 0. The van der Waals surface area contributed by atoms with E-state index in [-0.39, 0.29) is 17.3 Å². The van der Waals surface area contributed by atoms with Gasteiger partial charge in [0.15, 0.2) is 0 Å². The van der Waals surface area contributed by atoms with Crippen LogP contribution in [0.4, 0.5) is 0 Å². The number of hydrogen-bond acceptors (Lipinski definition) is 4. The minimum Gasteiger partial charge on any atom is -0.393 e. The number of aliphatic hydroxyl groups excluding tert-OH is 3. The van der Waals surface area contributed by atoms with Gasteiger partial charge in [0, 0.05) is 6.42 Å². The largest absolute Gasteiger partial charge is 0.393 e. The van der Waals surface area contributed by atoms with E-state index in [9.17, 15) is 20.4 Å². The summed E-state index contributed by atoms with van der Waals surface area (Å²) in [6.45, 7) is 14.3. The van der Waals surface area contributed by atoms with Crippen molar-refractivity contribution in [3.05, 3.63) is 35.5 Å². The maximum Gasteiger partial charge on any atom is 0.0811 e. The predicted molar refractivity (Wildman–Crippen MR) is 130 cm³/mol. The third-order valence-electron chi connectivity index (χ3n) is 9.34. The van der Waals surface area contributed by atoms with Crippen molar-refractivity contribution in [2.24, 2.45) is 29.1 Å². The van der Waals surface area contributed by atoms with Gasteiger partial charge in [-0.25, -0.2) is 0 Å². The first-order chi connectivity index (χ1) is 14.8. The maximum atomic E-state index is 11.0. The van der Waals surface area contributed by atoms with Crippen LogP contribution in [0.3, 0.4) is 0 Å². The highest BCUT2D eigenvalue weighted by Gasteiger charge is 2.51. The lowest BCUT2D eigenvalue weighted by Gasteiger charge is -2.45. The average Bonchev–Trinajstić information content (AvgIpc) is 3.05. The van der Waals surface area contributed by atoms with Gasteiger partial charge in [-0.2, -0.15) is 0 Å². The Balaban J connectivity index is 1.75. The van der Waals surface area contributed by atoms with Crippen LogP contribution in [0, 0.1) is 29.1 Å². The van der Waals surface area contributed by atoms with Crippen LogP contribution in [0.5, 0.6) is 0 Å². The standard InChI is InChI=1S/C28H46O4/c1-17(27(4,5)32)14-25(30)19(3)23-11-12-24-20(8-7-13-28(23,24)6)9-10-21-15-22(29)16-26(31)18(21)2/h9-10,17,19,22-26,29-32H,2,7-8,11-16H2,1,3-6H3/b20-9+,21-10+/t17-,19+,22-,23-,24+,25+,26+,28-/m1/s1. The van der Waals surface area contributed by atoms with E-state index in [1.165, 1.54) is 12.0 Å². The number of fused-ring (bicyclic) bond motifs is 1. The van der Waals surface area contributed by atoms with Crippen molar-refractivity contribution < 1.29 is 20.4 Å². The first-order valence-electron chi connectivity index (χ1n) is 12.7. The fourth-order valence-corrected chi connectivity index (χ4v) is 6.74. The second kappa shape index (κ2) is 9.74. The van der Waals surface area contributed by atoms with E-state index < -0.39 is 23.9 Å². The monoisotopic (exact) mass is 446 g/mol. The smallest absolute Gasteiger partial charge is 0.0811 e. The Morgan fingerprint density at radius 2 is 1.88 bits per heavy atom. The topological polar surface area (TPSA) is 80.9 Å². The van der Waals surface area contributed by atoms with Crippen molar-refractivity contribution >= 4 is 0 Å². The number of allylic oxidation sites excluding steroid dienone is 3. The van der Waals surface area contributed by atoms with E-state index in [1.807, 2.05) is 20.8 Å². The fraction of sp³-hybridized carbons (Fsp3) is 0.786. The first-order valence-corrected chi connectivity index (χ1v) is 12.7. The second-order valence-corrected chi connectivity index (χ2v) is 11.9. The van der Waals surface area contributed by atoms with Crippen LogP contribution in [-0.4, -0.2) is 44.3 Å². The molecule has 0 aliphatic heterocycles. The molecule has 0 aromatic rings. The van der Waals surface area contributed by atoms with E-state index in [2.05, 4.69) is 32.6 Å². The van der Waals surface area contributed by atoms with Gasteiger partial charge in [-0.3, -0.25) is 0 Å². The van der Waals surface area contributed by atoms with E-state index in [0.717, 1.165) is 36.8 Å². The van der Waals surface area contributed by atoms with Crippen molar-refractivity contribution in [1.29, 1.82) is 0 Å². The van der Waals surface area contributed by atoms with Gasteiger partial charge in [0.05, 0.1) is 23.9 Å². The summed E-state index contributed by atoms with van der Waals surface area (Å²) in [5.74, 6) is 1.25. The van der Waals surface area contributed by atoms with Gasteiger partial charge < -0.3 is 20.4 Å². The molecule has 182 valence electrons. The highest BCUT2D eigenvalue weighted by atomic mass is 16.3. The lowest BCUT2D eigenvalue weighted by molar-refractivity contribution is -0.0302. The highest BCUT2D eigenvalue weighted by molar-refractivity contribution is 5.38. The maximum absolute atomic E-state index is 11.0. The molecule has 8 atom stereocenters. The first kappa shape index (κ1) is 25.7. The van der Waals surface area contributed by atoms with Gasteiger partial charge in [-0.1, -0.05) is 45.1 Å². The number of hydrogen-bond donors (Lipinski definition) is 4. The molecule has 0 bridgehead atoms. The normalized spacial score (nSPS) is 39.2. The molecule has 0 radical (unpaired) electrons. The summed E-state index contributed by atoms with van der Waals surface area (Å²) >= 11 is 0. The molecule has 4 nitrogen and oxygen atoms in total. The zero-order chi connectivity index (χ0) is 23.8. The molecule has 3 saturated carbocycles. The summed E-state index contributed by atoms with van der Waals surface area (Å²) in [6, 6.07) is 0. The van der Waals surface area contributed by atoms with E-state index >= 15 is 0 Å². The van der Waals surface area contributed by atoms with Crippen molar-refractivity contribution in [3.8, 4) is 0 Å². The molecule has 0 heterocycles. The van der Waals surface area contributed by atoms with Gasteiger partial charge in [-0.15, -0.1) is 0 Å². The Kier molecular flexibility index (Phi) is 7.81. The SMILES string of the molecule is C=C1/C(=C/C=C2\CCC[C@]3(C)[C@@H]([C@H](C)[C@@H](O)C[C@@H](C)C(C)(C)O)CC[C@@H]23)C[C@@H](O)C[C@@H]1O. The lowest BCUT2D eigenvalue weighted by Crippen LogP contribution is -2.41. The molecule has 32 heavy (non-hydrogen) atoms. The van der Waals surface area contributed by atoms with Crippen LogP contribution in [0.2, 0.25) is 0 Å². The third-order valence-corrected chi connectivity index (χ3v) is 9.34. The molecule has 0 spiro atoms. The minimum atomic E-state index is -0.776. The molecule has 0 aromatic carbocycles. The Hall–Kier alpha value is -0.940. The van der Waals surface area contributed by atoms with Gasteiger partial charge in [0.1, 0.15) is 0 Å². The Morgan fingerprint density at radius 3 is 2.53 bits per heavy atom. The lowest BCUT2D eigenvalue weighted by atomic mass is 9.60. The van der Waals surface area contributed by atoms with Crippen LogP contribution in [0.15, 0.2) is 35.5 Å². The quantitative estimate of drug-likeness (QED) is 0.467. The van der Waals surface area contributed by atoms with E-state index in [1.54, 1.807) is 0 Å². The van der Waals surface area contributed by atoms with Crippen molar-refractivity contribution in [3.63, 3.8) is 0 Å². The van der Waals surface area contributed by atoms with E-state index in [0.29, 0.717) is 31.1 Å². The average molecular weight is 447 g/mol. The van der Waals surface area contributed by atoms with Gasteiger partial charge in [-0.05, 0) is 99.0 Å². The molecule has 3 fully saturated rings.